The minimum Gasteiger partial charge on any atom is -0.496 e. The molecule has 3 aromatic rings. The van der Waals surface area contributed by atoms with E-state index in [4.69, 9.17) is 4.74 Å². The number of benzene rings is 2. The molecule has 2 amide bonds. The van der Waals surface area contributed by atoms with Gasteiger partial charge in [-0.25, -0.2) is 4.98 Å². The van der Waals surface area contributed by atoms with Gasteiger partial charge in [-0.15, -0.1) is 0 Å². The van der Waals surface area contributed by atoms with Crippen molar-refractivity contribution in [3.05, 3.63) is 71.4 Å². The highest BCUT2D eigenvalue weighted by atomic mass is 32.2. The maximum atomic E-state index is 12.9. The molecule has 1 aliphatic rings. The average Bonchev–Trinajstić information content (AvgIpc) is 3.42. The van der Waals surface area contributed by atoms with Crippen molar-refractivity contribution in [1.82, 2.24) is 20.1 Å². The van der Waals surface area contributed by atoms with E-state index in [-0.39, 0.29) is 17.2 Å². The zero-order chi connectivity index (χ0) is 31.3. The molecule has 230 valence electrons. The van der Waals surface area contributed by atoms with Crippen LogP contribution in [-0.2, 0) is 11.3 Å². The van der Waals surface area contributed by atoms with Crippen molar-refractivity contribution in [2.24, 2.45) is 5.41 Å². The van der Waals surface area contributed by atoms with Gasteiger partial charge in [0.1, 0.15) is 5.75 Å². The highest BCUT2D eigenvalue weighted by molar-refractivity contribution is 8.01. The van der Waals surface area contributed by atoms with Gasteiger partial charge in [0.2, 0.25) is 5.91 Å². The van der Waals surface area contributed by atoms with Crippen molar-refractivity contribution in [1.29, 1.82) is 0 Å². The molecule has 0 spiro atoms. The molecule has 1 unspecified atom stereocenters. The molecular weight excluding hydrogens is 579 g/mol. The van der Waals surface area contributed by atoms with Crippen LogP contribution in [0.1, 0.15) is 61.7 Å². The quantitative estimate of drug-likeness (QED) is 0.267. The fraction of sp³-hybridized carbons (Fsp3) is 0.424. The van der Waals surface area contributed by atoms with Crippen LogP contribution in [0.15, 0.2) is 58.3 Å². The Morgan fingerprint density at radius 2 is 1.77 bits per heavy atom. The first-order valence-corrected chi connectivity index (χ1v) is 16.1. The summed E-state index contributed by atoms with van der Waals surface area (Å²) in [4.78, 5) is 34.3. The number of rotatable bonds is 10. The molecule has 0 saturated carbocycles. The maximum Gasteiger partial charge on any atom is 0.257 e. The van der Waals surface area contributed by atoms with Gasteiger partial charge in [0, 0.05) is 67.4 Å². The summed E-state index contributed by atoms with van der Waals surface area (Å²) in [6.45, 7) is 20.4. The molecule has 1 saturated heterocycles. The Morgan fingerprint density at radius 3 is 2.37 bits per heavy atom. The number of ether oxygens (including phenoxy) is 1. The summed E-state index contributed by atoms with van der Waals surface area (Å²) in [5.41, 5.74) is 4.79. The minimum absolute atomic E-state index is 0.101. The van der Waals surface area contributed by atoms with E-state index in [0.717, 1.165) is 56.9 Å². The third-order valence-corrected chi connectivity index (χ3v) is 10.1. The van der Waals surface area contributed by atoms with E-state index < -0.39 is 0 Å². The van der Waals surface area contributed by atoms with E-state index in [1.165, 1.54) is 11.3 Å². The van der Waals surface area contributed by atoms with Crippen LogP contribution < -0.4 is 15.4 Å². The van der Waals surface area contributed by atoms with E-state index in [2.05, 4.69) is 67.8 Å². The number of carbonyl (C=O) groups is 2. The highest BCUT2D eigenvalue weighted by Crippen LogP contribution is 2.40. The van der Waals surface area contributed by atoms with Crippen LogP contribution in [0.5, 0.6) is 5.75 Å². The predicted octanol–water partition coefficient (Wildman–Crippen LogP) is 6.52. The Bertz CT molecular complexity index is 1450. The van der Waals surface area contributed by atoms with E-state index in [0.29, 0.717) is 29.8 Å². The first-order valence-electron chi connectivity index (χ1n) is 14.5. The van der Waals surface area contributed by atoms with Gasteiger partial charge in [0.05, 0.1) is 17.5 Å². The number of aromatic nitrogens is 1. The number of hydrogen-bond acceptors (Lipinski definition) is 8. The average molecular weight is 622 g/mol. The zero-order valence-electron chi connectivity index (χ0n) is 26.2. The van der Waals surface area contributed by atoms with Gasteiger partial charge in [0.15, 0.2) is 5.13 Å². The fourth-order valence-electron chi connectivity index (χ4n) is 4.62. The Morgan fingerprint density at radius 1 is 1.12 bits per heavy atom. The van der Waals surface area contributed by atoms with Crippen molar-refractivity contribution < 1.29 is 14.3 Å². The topological polar surface area (TPSA) is 86.8 Å². The molecular formula is C33H43N5O3S2. The second-order valence-electron chi connectivity index (χ2n) is 12.0. The number of carbonyl (C=O) groups excluding carboxylic acids is 2. The summed E-state index contributed by atoms with van der Waals surface area (Å²) in [6, 6.07) is 12.2. The van der Waals surface area contributed by atoms with Crippen molar-refractivity contribution in [2.75, 3.05) is 38.6 Å². The third-order valence-electron chi connectivity index (χ3n) is 7.96. The zero-order valence-corrected chi connectivity index (χ0v) is 27.9. The Labute approximate surface area is 263 Å². The molecule has 8 nitrogen and oxygen atoms in total. The van der Waals surface area contributed by atoms with E-state index in [1.54, 1.807) is 32.0 Å². The Kier molecular flexibility index (Phi) is 10.6. The lowest BCUT2D eigenvalue weighted by Crippen LogP contribution is -2.47. The molecule has 2 N–H and O–H groups in total. The predicted molar refractivity (Wildman–Crippen MR) is 177 cm³/mol. The summed E-state index contributed by atoms with van der Waals surface area (Å²) in [5, 5.41) is 7.05. The van der Waals surface area contributed by atoms with Gasteiger partial charge >= 0.3 is 0 Å². The number of amides is 2. The number of piperazine rings is 1. The largest absolute Gasteiger partial charge is 0.496 e. The van der Waals surface area contributed by atoms with Crippen molar-refractivity contribution >= 4 is 45.7 Å². The third kappa shape index (κ3) is 8.40. The second-order valence-corrected chi connectivity index (χ2v) is 14.3. The molecule has 1 atom stereocenters. The monoisotopic (exact) mass is 621 g/mol. The smallest absolute Gasteiger partial charge is 0.257 e. The number of hydrogen-bond donors (Lipinski definition) is 2. The van der Waals surface area contributed by atoms with Crippen LogP contribution in [-0.4, -0.2) is 65.9 Å². The standard InChI is InChI=1S/C33H43N5O3S2/c1-21-17-28(41-8)27(22(2)37-13-15-38(16-14-37)24(4)39)18-29(21)42-30-20-35-32(43-30)36-31(40)26-11-9-25(10-12-26)19-34-23(3)33(5,6)7/h9-12,17-18,20,23,34H,2,13-16,19H2,1,3-8H3,(H,35,36,40). The van der Waals surface area contributed by atoms with Crippen LogP contribution in [0, 0.1) is 12.3 Å². The van der Waals surface area contributed by atoms with Crippen molar-refractivity contribution in [2.45, 2.75) is 63.2 Å². The fourth-order valence-corrected chi connectivity index (χ4v) is 6.56. The van der Waals surface area contributed by atoms with Gasteiger partial charge in [-0.3, -0.25) is 14.9 Å². The highest BCUT2D eigenvalue weighted by Gasteiger charge is 2.23. The molecule has 0 aliphatic carbocycles. The Balaban J connectivity index is 1.39. The number of anilines is 1. The maximum absolute atomic E-state index is 12.9. The first kappa shape index (κ1) is 32.6. The number of methoxy groups -OCH3 is 1. The molecule has 1 aromatic heterocycles. The van der Waals surface area contributed by atoms with Crippen LogP contribution in [0.25, 0.3) is 5.70 Å². The van der Waals surface area contributed by atoms with E-state index in [1.807, 2.05) is 35.2 Å². The van der Waals surface area contributed by atoms with Crippen LogP contribution in [0.2, 0.25) is 0 Å². The van der Waals surface area contributed by atoms with Crippen LogP contribution >= 0.6 is 23.1 Å². The van der Waals surface area contributed by atoms with Gasteiger partial charge in [-0.05, 0) is 54.7 Å². The summed E-state index contributed by atoms with van der Waals surface area (Å²) in [6.07, 6.45) is 1.79. The van der Waals surface area contributed by atoms with Gasteiger partial charge in [0.25, 0.3) is 5.91 Å². The number of thiazole rings is 1. The van der Waals surface area contributed by atoms with Gasteiger partial charge < -0.3 is 19.9 Å². The molecule has 10 heteroatoms. The Hall–Kier alpha value is -3.34. The summed E-state index contributed by atoms with van der Waals surface area (Å²) >= 11 is 3.04. The lowest BCUT2D eigenvalue weighted by atomic mass is 9.88. The molecule has 2 heterocycles. The van der Waals surface area contributed by atoms with Crippen LogP contribution in [0.3, 0.4) is 0 Å². The molecule has 43 heavy (non-hydrogen) atoms. The molecule has 4 rings (SSSR count). The molecule has 1 aliphatic heterocycles. The molecule has 1 fully saturated rings. The van der Waals surface area contributed by atoms with Gasteiger partial charge in [-0.2, -0.15) is 0 Å². The SMILES string of the molecule is C=C(c1cc(Sc2cnc(NC(=O)c3ccc(CNC(C)C(C)(C)C)cc3)s2)c(C)cc1OC)N1CCN(C(C)=O)CC1. The lowest BCUT2D eigenvalue weighted by Gasteiger charge is -2.37. The second kappa shape index (κ2) is 14.0. The summed E-state index contributed by atoms with van der Waals surface area (Å²) in [5.74, 6) is 0.686. The summed E-state index contributed by atoms with van der Waals surface area (Å²) < 4.78 is 6.68. The molecule has 0 radical (unpaired) electrons. The first-order chi connectivity index (χ1) is 20.3. The van der Waals surface area contributed by atoms with E-state index >= 15 is 0 Å². The molecule has 0 bridgehead atoms. The number of aryl methyl sites for hydroxylation is 1. The number of nitrogens with zero attached hydrogens (tertiary/aromatic N) is 3. The normalized spacial score (nSPS) is 14.4. The van der Waals surface area contributed by atoms with Gasteiger partial charge in [-0.1, -0.05) is 62.6 Å². The van der Waals surface area contributed by atoms with Crippen LogP contribution in [0.4, 0.5) is 5.13 Å². The van der Waals surface area contributed by atoms with E-state index in [9.17, 15) is 9.59 Å². The molecule has 2 aromatic carbocycles. The summed E-state index contributed by atoms with van der Waals surface area (Å²) in [7, 11) is 1.67. The minimum atomic E-state index is -0.183. The van der Waals surface area contributed by atoms with Crippen molar-refractivity contribution in [3.8, 4) is 5.75 Å². The van der Waals surface area contributed by atoms with Crippen molar-refractivity contribution in [3.63, 3.8) is 0 Å². The lowest BCUT2D eigenvalue weighted by molar-refractivity contribution is -0.130. The number of nitrogens with one attached hydrogen (secondary N) is 2.